The maximum absolute atomic E-state index is 12.2. The van der Waals surface area contributed by atoms with E-state index >= 15 is 0 Å². The minimum atomic E-state index is -5.00. The SMILES string of the molecule is Cc1n[nH]c(C)c1NC(=O)c1cccc(NC(=O)C(F)(F)F)c1. The number of anilines is 2. The molecule has 2 rings (SSSR count). The molecule has 2 amide bonds. The maximum Gasteiger partial charge on any atom is 0.471 e. The lowest BCUT2D eigenvalue weighted by Gasteiger charge is -2.10. The van der Waals surface area contributed by atoms with Crippen LogP contribution in [0.5, 0.6) is 0 Å². The molecular formula is C14H13F3N4O2. The van der Waals surface area contributed by atoms with E-state index in [1.54, 1.807) is 19.2 Å². The van der Waals surface area contributed by atoms with Crippen molar-refractivity contribution in [3.05, 3.63) is 41.2 Å². The molecule has 0 atom stereocenters. The minimum absolute atomic E-state index is 0.102. The van der Waals surface area contributed by atoms with E-state index in [1.165, 1.54) is 18.2 Å². The molecule has 3 N–H and O–H groups in total. The Kier molecular flexibility index (Phi) is 4.39. The molecule has 1 heterocycles. The Bertz CT molecular complexity index is 733. The van der Waals surface area contributed by atoms with Gasteiger partial charge in [-0.1, -0.05) is 6.07 Å². The molecule has 1 aromatic heterocycles. The average molecular weight is 326 g/mol. The average Bonchev–Trinajstić information content (AvgIpc) is 2.78. The fraction of sp³-hybridized carbons (Fsp3) is 0.214. The zero-order valence-electron chi connectivity index (χ0n) is 12.2. The third-order valence-corrected chi connectivity index (χ3v) is 3.01. The molecule has 1 aromatic carbocycles. The molecule has 0 aliphatic rings. The number of nitrogens with one attached hydrogen (secondary N) is 3. The summed E-state index contributed by atoms with van der Waals surface area (Å²) in [5.74, 6) is -2.63. The summed E-state index contributed by atoms with van der Waals surface area (Å²) in [6.07, 6.45) is -5.00. The first-order valence-electron chi connectivity index (χ1n) is 6.49. The van der Waals surface area contributed by atoms with Crippen LogP contribution in [0.2, 0.25) is 0 Å². The number of benzene rings is 1. The van der Waals surface area contributed by atoms with Gasteiger partial charge >= 0.3 is 12.1 Å². The second kappa shape index (κ2) is 6.11. The van der Waals surface area contributed by atoms with Crippen LogP contribution in [-0.4, -0.2) is 28.2 Å². The Morgan fingerprint density at radius 2 is 1.87 bits per heavy atom. The standard InChI is InChI=1S/C14H13F3N4O2/c1-7-11(8(2)21-20-7)19-12(22)9-4-3-5-10(6-9)18-13(23)14(15,16)17/h3-6H,1-2H3,(H,18,23)(H,19,22)(H,20,21). The van der Waals surface area contributed by atoms with Gasteiger partial charge in [0.1, 0.15) is 0 Å². The number of hydrogen-bond acceptors (Lipinski definition) is 3. The molecule has 122 valence electrons. The van der Waals surface area contributed by atoms with Crippen LogP contribution in [0.25, 0.3) is 0 Å². The number of alkyl halides is 3. The van der Waals surface area contributed by atoms with Crippen molar-refractivity contribution in [1.29, 1.82) is 0 Å². The molecule has 0 saturated heterocycles. The van der Waals surface area contributed by atoms with Gasteiger partial charge in [-0.2, -0.15) is 18.3 Å². The molecule has 0 fully saturated rings. The van der Waals surface area contributed by atoms with Gasteiger partial charge in [0.15, 0.2) is 0 Å². The quantitative estimate of drug-likeness (QED) is 0.810. The number of halogens is 3. The first kappa shape index (κ1) is 16.5. The van der Waals surface area contributed by atoms with Crippen LogP contribution in [0.15, 0.2) is 24.3 Å². The lowest BCUT2D eigenvalue weighted by atomic mass is 10.1. The van der Waals surface area contributed by atoms with Crippen molar-refractivity contribution >= 4 is 23.2 Å². The molecule has 0 unspecified atom stereocenters. The van der Waals surface area contributed by atoms with Crippen LogP contribution >= 0.6 is 0 Å². The van der Waals surface area contributed by atoms with E-state index in [-0.39, 0.29) is 11.3 Å². The summed E-state index contributed by atoms with van der Waals surface area (Å²) < 4.78 is 36.7. The van der Waals surface area contributed by atoms with E-state index in [9.17, 15) is 22.8 Å². The zero-order valence-corrected chi connectivity index (χ0v) is 12.2. The molecule has 0 spiro atoms. The summed E-state index contributed by atoms with van der Waals surface area (Å²) in [5, 5.41) is 10.9. The van der Waals surface area contributed by atoms with Crippen molar-refractivity contribution in [2.45, 2.75) is 20.0 Å². The number of aromatic amines is 1. The second-order valence-electron chi connectivity index (χ2n) is 4.80. The molecule has 0 aliphatic carbocycles. The maximum atomic E-state index is 12.2. The van der Waals surface area contributed by atoms with Crippen molar-refractivity contribution in [2.24, 2.45) is 0 Å². The fourth-order valence-electron chi connectivity index (χ4n) is 1.86. The van der Waals surface area contributed by atoms with Gasteiger partial charge in [-0.15, -0.1) is 0 Å². The van der Waals surface area contributed by atoms with Crippen molar-refractivity contribution in [1.82, 2.24) is 10.2 Å². The Balaban J connectivity index is 2.16. The van der Waals surface area contributed by atoms with Crippen LogP contribution in [0.1, 0.15) is 21.7 Å². The van der Waals surface area contributed by atoms with Crippen molar-refractivity contribution in [3.8, 4) is 0 Å². The lowest BCUT2D eigenvalue weighted by Crippen LogP contribution is -2.30. The molecule has 0 aliphatic heterocycles. The van der Waals surface area contributed by atoms with Gasteiger partial charge < -0.3 is 10.6 Å². The summed E-state index contributed by atoms with van der Waals surface area (Å²) in [4.78, 5) is 23.1. The Morgan fingerprint density at radius 3 is 2.43 bits per heavy atom. The number of carbonyl (C=O) groups is 2. The minimum Gasteiger partial charge on any atom is -0.319 e. The van der Waals surface area contributed by atoms with Crippen LogP contribution < -0.4 is 10.6 Å². The van der Waals surface area contributed by atoms with E-state index in [1.807, 2.05) is 0 Å². The van der Waals surface area contributed by atoms with Gasteiger partial charge in [0.05, 0.1) is 17.1 Å². The van der Waals surface area contributed by atoms with E-state index in [0.29, 0.717) is 17.1 Å². The van der Waals surface area contributed by atoms with Crippen molar-refractivity contribution in [2.75, 3.05) is 10.6 Å². The summed E-state index contributed by atoms with van der Waals surface area (Å²) in [6.45, 7) is 3.41. The normalized spacial score (nSPS) is 11.2. The third kappa shape index (κ3) is 3.87. The summed E-state index contributed by atoms with van der Waals surface area (Å²) in [5.41, 5.74) is 1.71. The zero-order chi connectivity index (χ0) is 17.2. The largest absolute Gasteiger partial charge is 0.471 e. The summed E-state index contributed by atoms with van der Waals surface area (Å²) in [7, 11) is 0. The molecule has 23 heavy (non-hydrogen) atoms. The highest BCUT2D eigenvalue weighted by atomic mass is 19.4. The number of carbonyl (C=O) groups excluding carboxylic acids is 2. The molecule has 0 saturated carbocycles. The van der Waals surface area contributed by atoms with Crippen molar-refractivity contribution < 1.29 is 22.8 Å². The predicted octanol–water partition coefficient (Wildman–Crippen LogP) is 2.78. The second-order valence-corrected chi connectivity index (χ2v) is 4.80. The Labute approximate surface area is 129 Å². The monoisotopic (exact) mass is 326 g/mol. The van der Waals surface area contributed by atoms with Crippen LogP contribution in [0.3, 0.4) is 0 Å². The van der Waals surface area contributed by atoms with Gasteiger partial charge in [0.25, 0.3) is 5.91 Å². The van der Waals surface area contributed by atoms with Crippen LogP contribution in [0, 0.1) is 13.8 Å². The molecule has 6 nitrogen and oxygen atoms in total. The molecule has 0 radical (unpaired) electrons. The van der Waals surface area contributed by atoms with Gasteiger partial charge in [0.2, 0.25) is 0 Å². The number of H-pyrrole nitrogens is 1. The fourth-order valence-corrected chi connectivity index (χ4v) is 1.86. The van der Waals surface area contributed by atoms with Crippen LogP contribution in [-0.2, 0) is 4.79 Å². The lowest BCUT2D eigenvalue weighted by molar-refractivity contribution is -0.167. The number of nitrogens with zero attached hydrogens (tertiary/aromatic N) is 1. The number of aromatic nitrogens is 2. The summed E-state index contributed by atoms with van der Waals surface area (Å²) >= 11 is 0. The highest BCUT2D eigenvalue weighted by Gasteiger charge is 2.38. The predicted molar refractivity (Wildman–Crippen MR) is 77.1 cm³/mol. The van der Waals surface area contributed by atoms with Gasteiger partial charge in [-0.25, -0.2) is 0 Å². The highest BCUT2D eigenvalue weighted by molar-refractivity contribution is 6.06. The number of hydrogen-bond donors (Lipinski definition) is 3. The first-order chi connectivity index (χ1) is 10.7. The highest BCUT2D eigenvalue weighted by Crippen LogP contribution is 2.20. The number of amides is 2. The van der Waals surface area contributed by atoms with E-state index < -0.39 is 18.0 Å². The Morgan fingerprint density at radius 1 is 1.17 bits per heavy atom. The molecule has 2 aromatic rings. The number of rotatable bonds is 3. The molecule has 9 heteroatoms. The first-order valence-corrected chi connectivity index (χ1v) is 6.49. The van der Waals surface area contributed by atoms with Gasteiger partial charge in [0, 0.05) is 11.3 Å². The molecule has 0 bridgehead atoms. The molecular weight excluding hydrogens is 313 g/mol. The van der Waals surface area contributed by atoms with E-state index in [4.69, 9.17) is 0 Å². The Hall–Kier alpha value is -2.84. The van der Waals surface area contributed by atoms with Crippen LogP contribution in [0.4, 0.5) is 24.5 Å². The van der Waals surface area contributed by atoms with E-state index in [0.717, 1.165) is 6.07 Å². The number of aryl methyl sites for hydroxylation is 2. The summed E-state index contributed by atoms with van der Waals surface area (Å²) in [6, 6.07) is 5.21. The van der Waals surface area contributed by atoms with Gasteiger partial charge in [-0.05, 0) is 32.0 Å². The van der Waals surface area contributed by atoms with Gasteiger partial charge in [-0.3, -0.25) is 14.7 Å². The topological polar surface area (TPSA) is 86.9 Å². The third-order valence-electron chi connectivity index (χ3n) is 3.01. The smallest absolute Gasteiger partial charge is 0.319 e. The van der Waals surface area contributed by atoms with E-state index in [2.05, 4.69) is 15.5 Å². The van der Waals surface area contributed by atoms with Crippen molar-refractivity contribution in [3.63, 3.8) is 0 Å².